The van der Waals surface area contributed by atoms with Gasteiger partial charge in [0.25, 0.3) is 5.91 Å². The van der Waals surface area contributed by atoms with Crippen molar-refractivity contribution >= 4 is 63.4 Å². The average Bonchev–Trinajstić information content (AvgIpc) is 4.04. The maximum absolute atomic E-state index is 13.3. The molecular weight excluding hydrogens is 767 g/mol. The molecule has 13 nitrogen and oxygen atoms in total. The Labute approximate surface area is 338 Å². The van der Waals surface area contributed by atoms with Crippen LogP contribution in [0.4, 0.5) is 5.13 Å². The second-order valence-electron chi connectivity index (χ2n) is 14.6. The normalized spacial score (nSPS) is 14.4. The van der Waals surface area contributed by atoms with Crippen molar-refractivity contribution in [3.63, 3.8) is 0 Å². The van der Waals surface area contributed by atoms with Crippen LogP contribution in [0, 0.1) is 17.2 Å². The van der Waals surface area contributed by atoms with Crippen LogP contribution in [0.15, 0.2) is 74.8 Å². The smallest absolute Gasteiger partial charge is 0.264 e. The number of thiazole rings is 2. The third-order valence-corrected chi connectivity index (χ3v) is 12.4. The summed E-state index contributed by atoms with van der Waals surface area (Å²) in [6.07, 6.45) is 13.0. The number of aromatic nitrogens is 5. The van der Waals surface area contributed by atoms with Crippen LogP contribution in [0.25, 0.3) is 17.2 Å². The van der Waals surface area contributed by atoms with Crippen molar-refractivity contribution < 1.29 is 18.8 Å². The van der Waals surface area contributed by atoms with Gasteiger partial charge in [-0.15, -0.1) is 23.1 Å². The first-order valence-corrected chi connectivity index (χ1v) is 21.1. The van der Waals surface area contributed by atoms with Crippen molar-refractivity contribution in [3.05, 3.63) is 88.4 Å². The number of likely N-dealkylation sites (N-methyl/N-ethyl adjacent to an activating group) is 1. The van der Waals surface area contributed by atoms with Gasteiger partial charge in [0.1, 0.15) is 29.0 Å². The number of nitrogens with one attached hydrogen (secondary N) is 1. The summed E-state index contributed by atoms with van der Waals surface area (Å²) in [6.45, 7) is 9.39. The van der Waals surface area contributed by atoms with E-state index >= 15 is 0 Å². The number of amides is 3. The molecule has 3 amide bonds. The molecule has 1 fully saturated rings. The van der Waals surface area contributed by atoms with E-state index in [2.05, 4.69) is 53.1 Å². The Morgan fingerprint density at radius 1 is 1.11 bits per heavy atom. The van der Waals surface area contributed by atoms with Gasteiger partial charge in [-0.3, -0.25) is 19.1 Å². The van der Waals surface area contributed by atoms with Gasteiger partial charge in [0.15, 0.2) is 5.13 Å². The summed E-state index contributed by atoms with van der Waals surface area (Å²) < 4.78 is 8.47. The van der Waals surface area contributed by atoms with Gasteiger partial charge in [-0.1, -0.05) is 69.7 Å². The van der Waals surface area contributed by atoms with E-state index in [9.17, 15) is 19.6 Å². The van der Waals surface area contributed by atoms with Crippen LogP contribution in [-0.2, 0) is 32.1 Å². The Kier molecular flexibility index (Phi) is 13.2. The number of rotatable bonds is 14. The molecule has 5 aromatic rings. The largest absolute Gasteiger partial charge is 0.444 e. The number of thioether (sulfide) groups is 1. The van der Waals surface area contributed by atoms with Crippen molar-refractivity contribution in [1.82, 2.24) is 34.5 Å². The summed E-state index contributed by atoms with van der Waals surface area (Å²) >= 11 is 4.36. The molecule has 0 aliphatic carbocycles. The standard InChI is InChI=1S/C40H45N9O4S3/c1-6-7-31(47(5)38(52)29(19-41)18-34-42-14-17-54-34)27-10-8-26(9-11-27)30-20-45-49(23-30)24-35(50)48-15-12-28(13-16-48)37(51)46-39-44-22-36(56-39)55-25-33-43-21-32(53-33)40(2,3)4/h8-11,14,17-18,20-23,28,31H,6-7,12-13,15-16,24-25H2,1-5H3,(H,44,46,51)/b29-18+. The first-order chi connectivity index (χ1) is 26.9. The minimum absolute atomic E-state index is 0.0446. The number of nitrogens with zero attached hydrogens (tertiary/aromatic N) is 8. The molecule has 0 saturated carbocycles. The van der Waals surface area contributed by atoms with Gasteiger partial charge in [0, 0.05) is 54.8 Å². The van der Waals surface area contributed by atoms with Crippen LogP contribution in [0.3, 0.4) is 0 Å². The van der Waals surface area contributed by atoms with Crippen LogP contribution < -0.4 is 5.32 Å². The number of benzene rings is 1. The Bertz CT molecular complexity index is 2180. The summed E-state index contributed by atoms with van der Waals surface area (Å²) in [7, 11) is 1.73. The SMILES string of the molecule is CCCC(c1ccc(-c2cnn(CC(=O)N3CCC(C(=O)Nc4ncc(SCc5ncc(C(C)(C)C)o5)s4)CC3)c2)cc1)N(C)C(=O)/C(C#N)=C/c1nccs1. The van der Waals surface area contributed by atoms with Crippen molar-refractivity contribution in [1.29, 1.82) is 5.26 Å². The van der Waals surface area contributed by atoms with Crippen molar-refractivity contribution in [2.24, 2.45) is 5.92 Å². The minimum Gasteiger partial charge on any atom is -0.444 e. The lowest BCUT2D eigenvalue weighted by Crippen LogP contribution is -2.42. The van der Waals surface area contributed by atoms with Gasteiger partial charge in [0.2, 0.25) is 17.7 Å². The predicted molar refractivity (Wildman–Crippen MR) is 219 cm³/mol. The average molecular weight is 812 g/mol. The maximum Gasteiger partial charge on any atom is 0.264 e. The summed E-state index contributed by atoms with van der Waals surface area (Å²) in [5, 5.41) is 20.1. The molecule has 16 heteroatoms. The molecule has 56 heavy (non-hydrogen) atoms. The maximum atomic E-state index is 13.3. The second-order valence-corrected chi connectivity index (χ2v) is 17.8. The van der Waals surface area contributed by atoms with Crippen LogP contribution >= 0.6 is 34.4 Å². The van der Waals surface area contributed by atoms with E-state index in [4.69, 9.17) is 4.42 Å². The van der Waals surface area contributed by atoms with Gasteiger partial charge in [0.05, 0.1) is 34.6 Å². The number of oxazole rings is 1. The summed E-state index contributed by atoms with van der Waals surface area (Å²) in [5.74, 6) is 1.40. The first kappa shape index (κ1) is 40.6. The van der Waals surface area contributed by atoms with E-state index in [-0.39, 0.29) is 47.2 Å². The monoisotopic (exact) mass is 811 g/mol. The molecule has 1 saturated heterocycles. The Balaban J connectivity index is 0.970. The van der Waals surface area contributed by atoms with Crippen LogP contribution in [-0.4, -0.2) is 72.4 Å². The highest BCUT2D eigenvalue weighted by molar-refractivity contribution is 8.00. The summed E-state index contributed by atoms with van der Waals surface area (Å²) in [4.78, 5) is 56.0. The fourth-order valence-electron chi connectivity index (χ4n) is 6.33. The second kappa shape index (κ2) is 18.2. The number of carbonyl (C=O) groups is 3. The predicted octanol–water partition coefficient (Wildman–Crippen LogP) is 7.82. The quantitative estimate of drug-likeness (QED) is 0.0665. The Hall–Kier alpha value is -5.11. The van der Waals surface area contributed by atoms with Crippen molar-refractivity contribution in [2.45, 2.75) is 81.3 Å². The minimum atomic E-state index is -0.349. The molecule has 0 radical (unpaired) electrons. The number of likely N-dealkylation sites (tertiary alicyclic amines) is 1. The lowest BCUT2D eigenvalue weighted by atomic mass is 9.94. The van der Waals surface area contributed by atoms with Gasteiger partial charge < -0.3 is 19.5 Å². The number of anilines is 1. The number of hydrogen-bond acceptors (Lipinski definition) is 12. The van der Waals surface area contributed by atoms with E-state index in [1.807, 2.05) is 36.5 Å². The third-order valence-electron chi connectivity index (χ3n) is 9.54. The molecule has 292 valence electrons. The van der Waals surface area contributed by atoms with E-state index < -0.39 is 0 Å². The van der Waals surface area contributed by atoms with Gasteiger partial charge in [-0.2, -0.15) is 10.4 Å². The van der Waals surface area contributed by atoms with E-state index in [1.165, 1.54) is 28.7 Å². The Morgan fingerprint density at radius 3 is 2.54 bits per heavy atom. The molecule has 1 aliphatic rings. The lowest BCUT2D eigenvalue weighted by molar-refractivity contribution is -0.135. The molecule has 0 bridgehead atoms. The molecule has 5 heterocycles. The van der Waals surface area contributed by atoms with Gasteiger partial charge in [-0.05, 0) is 36.5 Å². The number of nitriles is 1. The Morgan fingerprint density at radius 2 is 1.88 bits per heavy atom. The molecule has 1 atom stereocenters. The van der Waals surface area contributed by atoms with Crippen LogP contribution in [0.5, 0.6) is 0 Å². The molecule has 0 spiro atoms. The topological polar surface area (TPSA) is 163 Å². The van der Waals surface area contributed by atoms with Crippen LogP contribution in [0.1, 0.15) is 81.6 Å². The van der Waals surface area contributed by atoms with E-state index in [0.717, 1.165) is 39.5 Å². The summed E-state index contributed by atoms with van der Waals surface area (Å²) in [5.41, 5.74) is 2.70. The number of carbonyl (C=O) groups excluding carboxylic acids is 3. The molecule has 4 aromatic heterocycles. The van der Waals surface area contributed by atoms with E-state index in [0.29, 0.717) is 47.7 Å². The highest BCUT2D eigenvalue weighted by atomic mass is 32.2. The molecule has 1 aliphatic heterocycles. The summed E-state index contributed by atoms with van der Waals surface area (Å²) in [6, 6.07) is 9.78. The van der Waals surface area contributed by atoms with Crippen LogP contribution in [0.2, 0.25) is 0 Å². The van der Waals surface area contributed by atoms with Gasteiger partial charge in [-0.25, -0.2) is 15.0 Å². The highest BCUT2D eigenvalue weighted by Gasteiger charge is 2.29. The lowest BCUT2D eigenvalue weighted by Gasteiger charge is -2.31. The van der Waals surface area contributed by atoms with Crippen molar-refractivity contribution in [3.8, 4) is 17.2 Å². The third kappa shape index (κ3) is 10.2. The molecule has 1 unspecified atom stereocenters. The zero-order valence-corrected chi connectivity index (χ0v) is 34.5. The first-order valence-electron chi connectivity index (χ1n) is 18.5. The zero-order valence-electron chi connectivity index (χ0n) is 32.1. The van der Waals surface area contributed by atoms with Crippen molar-refractivity contribution in [2.75, 3.05) is 25.5 Å². The molecule has 1 aromatic carbocycles. The molecule has 1 N–H and O–H groups in total. The zero-order chi connectivity index (χ0) is 39.8. The molecule has 6 rings (SSSR count). The van der Waals surface area contributed by atoms with Gasteiger partial charge >= 0.3 is 0 Å². The fraction of sp³-hybridized carbons (Fsp3) is 0.400. The molecular formula is C40H45N9O4S3. The highest BCUT2D eigenvalue weighted by Crippen LogP contribution is 2.33. The van der Waals surface area contributed by atoms with E-state index in [1.54, 1.807) is 63.5 Å². The number of piperidine rings is 1. The fourth-order valence-corrected chi connectivity index (χ4v) is 8.63. The number of hydrogen-bond donors (Lipinski definition) is 1.